The molecule has 242 valence electrons. The highest BCUT2D eigenvalue weighted by atomic mass is 79.9. The van der Waals surface area contributed by atoms with E-state index in [1.54, 1.807) is 28.9 Å². The second-order valence-electron chi connectivity index (χ2n) is 12.1. The summed E-state index contributed by atoms with van der Waals surface area (Å²) >= 11 is 3.70. The van der Waals surface area contributed by atoms with Crippen LogP contribution in [0.1, 0.15) is 78.6 Å². The van der Waals surface area contributed by atoms with E-state index in [0.717, 1.165) is 25.7 Å². The van der Waals surface area contributed by atoms with Gasteiger partial charge in [0.25, 0.3) is 0 Å². The molecule has 11 heteroatoms. The molecule has 1 spiro atoms. The van der Waals surface area contributed by atoms with Crippen LogP contribution in [0.5, 0.6) is 0 Å². The Balaban J connectivity index is 1.88. The summed E-state index contributed by atoms with van der Waals surface area (Å²) in [5.74, 6) is -2.87. The van der Waals surface area contributed by atoms with E-state index >= 15 is 0 Å². The van der Waals surface area contributed by atoms with Crippen LogP contribution < -0.4 is 5.32 Å². The molecule has 2 N–H and O–H groups in total. The number of halogens is 1. The summed E-state index contributed by atoms with van der Waals surface area (Å²) in [5, 5.41) is 11.9. The van der Waals surface area contributed by atoms with Crippen LogP contribution in [0.2, 0.25) is 0 Å². The minimum Gasteiger partial charge on any atom is -0.460 e. The molecule has 2 bridgehead atoms. The number of aliphatic hydroxyl groups is 1. The van der Waals surface area contributed by atoms with Crippen LogP contribution in [-0.4, -0.2) is 99.6 Å². The average molecular weight is 669 g/mol. The van der Waals surface area contributed by atoms with Gasteiger partial charge in [-0.25, -0.2) is 0 Å². The van der Waals surface area contributed by atoms with E-state index in [9.17, 15) is 24.3 Å². The van der Waals surface area contributed by atoms with E-state index in [-0.39, 0.29) is 41.7 Å². The highest BCUT2D eigenvalue weighted by Gasteiger charge is 2.77. The van der Waals surface area contributed by atoms with Crippen molar-refractivity contribution in [1.29, 1.82) is 0 Å². The maximum absolute atomic E-state index is 14.4. The van der Waals surface area contributed by atoms with Crippen LogP contribution in [0.4, 0.5) is 0 Å². The summed E-state index contributed by atoms with van der Waals surface area (Å²) in [4.78, 5) is 57.6. The van der Waals surface area contributed by atoms with E-state index < -0.39 is 41.7 Å². The van der Waals surface area contributed by atoms with Gasteiger partial charge < -0.3 is 29.7 Å². The molecule has 43 heavy (non-hydrogen) atoms. The van der Waals surface area contributed by atoms with Gasteiger partial charge in [-0.3, -0.25) is 19.2 Å². The van der Waals surface area contributed by atoms with Crippen molar-refractivity contribution in [2.24, 2.45) is 11.8 Å². The maximum Gasteiger partial charge on any atom is 0.312 e. The summed E-state index contributed by atoms with van der Waals surface area (Å²) in [6.07, 6.45) is 8.11. The highest BCUT2D eigenvalue weighted by Crippen LogP contribution is 2.60. The second-order valence-corrected chi connectivity index (χ2v) is 13.3. The molecular formula is C32H50BrN3O7. The Hall–Kier alpha value is -2.24. The summed E-state index contributed by atoms with van der Waals surface area (Å²) in [7, 11) is 0. The minimum atomic E-state index is -1.16. The van der Waals surface area contributed by atoms with Gasteiger partial charge in [0, 0.05) is 37.0 Å². The summed E-state index contributed by atoms with van der Waals surface area (Å²) in [6.45, 7) is 14.2. The number of hydrogen-bond acceptors (Lipinski definition) is 7. The Labute approximate surface area is 264 Å². The van der Waals surface area contributed by atoms with Crippen molar-refractivity contribution < 1.29 is 33.8 Å². The van der Waals surface area contributed by atoms with E-state index in [4.69, 9.17) is 9.47 Å². The number of rotatable bonds is 19. The number of esters is 1. The zero-order chi connectivity index (χ0) is 31.7. The van der Waals surface area contributed by atoms with Crippen molar-refractivity contribution in [3.8, 4) is 0 Å². The molecule has 3 aliphatic heterocycles. The lowest BCUT2D eigenvalue weighted by Crippen LogP contribution is -2.58. The number of carbonyl (C=O) groups excluding carboxylic acids is 4. The van der Waals surface area contributed by atoms with Crippen molar-refractivity contribution >= 4 is 39.6 Å². The minimum absolute atomic E-state index is 0.0610. The molecule has 0 aromatic rings. The lowest BCUT2D eigenvalue weighted by Gasteiger charge is -2.39. The number of likely N-dealkylation sites (tertiary alicyclic amines) is 1. The van der Waals surface area contributed by atoms with Gasteiger partial charge in [-0.1, -0.05) is 54.3 Å². The van der Waals surface area contributed by atoms with E-state index in [1.165, 1.54) is 0 Å². The zero-order valence-electron chi connectivity index (χ0n) is 26.0. The van der Waals surface area contributed by atoms with Crippen LogP contribution in [0.3, 0.4) is 0 Å². The van der Waals surface area contributed by atoms with Gasteiger partial charge in [-0.15, -0.1) is 13.2 Å². The Morgan fingerprint density at radius 2 is 1.95 bits per heavy atom. The Morgan fingerprint density at radius 3 is 2.60 bits per heavy atom. The topological polar surface area (TPSA) is 125 Å². The van der Waals surface area contributed by atoms with Crippen LogP contribution in [0.15, 0.2) is 25.3 Å². The van der Waals surface area contributed by atoms with Crippen molar-refractivity contribution in [1.82, 2.24) is 15.1 Å². The molecule has 8 atom stereocenters. The number of ether oxygens (including phenoxy) is 2. The third kappa shape index (κ3) is 7.71. The predicted molar refractivity (Wildman–Crippen MR) is 167 cm³/mol. The molecule has 0 aromatic carbocycles. The fourth-order valence-corrected chi connectivity index (χ4v) is 7.86. The number of allylic oxidation sites excluding steroid dienone is 1. The summed E-state index contributed by atoms with van der Waals surface area (Å²) in [5.41, 5.74) is -1.16. The molecule has 3 heterocycles. The van der Waals surface area contributed by atoms with E-state index in [2.05, 4.69) is 41.3 Å². The zero-order valence-corrected chi connectivity index (χ0v) is 27.6. The summed E-state index contributed by atoms with van der Waals surface area (Å²) < 4.78 is 12.4. The third-order valence-corrected chi connectivity index (χ3v) is 9.77. The van der Waals surface area contributed by atoms with Crippen LogP contribution in [0, 0.1) is 11.8 Å². The quantitative estimate of drug-likeness (QED) is 0.0935. The van der Waals surface area contributed by atoms with Crippen molar-refractivity contribution in [3.63, 3.8) is 0 Å². The Kier molecular flexibility index (Phi) is 13.3. The fourth-order valence-electron chi connectivity index (χ4n) is 6.92. The first kappa shape index (κ1) is 35.2. The number of carbonyl (C=O) groups is 4. The number of hydrogen-bond donors (Lipinski definition) is 2. The average Bonchev–Trinajstić information content (AvgIpc) is 3.56. The first-order chi connectivity index (χ1) is 20.6. The number of fused-ring (bicyclic) bond motifs is 1. The molecular weight excluding hydrogens is 618 g/mol. The number of unbranched alkanes of at least 4 members (excludes halogenated alkanes) is 3. The maximum atomic E-state index is 14.4. The van der Waals surface area contributed by atoms with Crippen LogP contribution >= 0.6 is 15.9 Å². The van der Waals surface area contributed by atoms with Crippen molar-refractivity contribution in [2.45, 2.75) is 113 Å². The molecule has 3 fully saturated rings. The molecule has 0 aromatic heterocycles. The smallest absolute Gasteiger partial charge is 0.312 e. The number of amides is 3. The van der Waals surface area contributed by atoms with Gasteiger partial charge in [-0.05, 0) is 46.0 Å². The van der Waals surface area contributed by atoms with Gasteiger partial charge >= 0.3 is 5.97 Å². The SMILES string of the molecule is C=CCCC(=O)NC[C@H](C)OC(=O)[C@@H]1[C@H]2O[C@@]3(CC2Br)[C@H](C(=O)N(CC=C)C(C)CCC)N(CCCCCCO)C(=O)[C@@H]13. The third-order valence-electron chi connectivity index (χ3n) is 8.93. The highest BCUT2D eigenvalue weighted by molar-refractivity contribution is 9.09. The molecule has 3 amide bonds. The van der Waals surface area contributed by atoms with E-state index in [0.29, 0.717) is 45.2 Å². The van der Waals surface area contributed by atoms with Gasteiger partial charge in [0.2, 0.25) is 17.7 Å². The molecule has 0 aliphatic carbocycles. The van der Waals surface area contributed by atoms with Gasteiger partial charge in [0.05, 0.1) is 24.5 Å². The lowest BCUT2D eigenvalue weighted by molar-refractivity contribution is -0.159. The monoisotopic (exact) mass is 667 g/mol. The molecule has 10 nitrogen and oxygen atoms in total. The molecule has 3 rings (SSSR count). The van der Waals surface area contributed by atoms with Gasteiger partial charge in [-0.2, -0.15) is 0 Å². The fraction of sp³-hybridized carbons (Fsp3) is 0.750. The van der Waals surface area contributed by atoms with Gasteiger partial charge in [0.15, 0.2) is 0 Å². The standard InChI is InChI=1S/C32H50BrN3O7/c1-6-9-15-24(38)34-20-22(5)42-31(41)25-26-29(39)36(17-12-10-11-13-18-37)28(32(26)19-23(33)27(25)43-32)30(40)35(16-8-3)21(4)14-7-2/h6,8,21-23,25-28,37H,1,3,7,9-20H2,2,4-5H3,(H,34,38)/t21?,22-,23?,25-,26+,27-,28-,32+/m0/s1. The number of alkyl halides is 1. The first-order valence-electron chi connectivity index (χ1n) is 15.8. The lowest BCUT2D eigenvalue weighted by atomic mass is 9.70. The van der Waals surface area contributed by atoms with Crippen molar-refractivity contribution in [2.75, 3.05) is 26.2 Å². The molecule has 2 unspecified atom stereocenters. The van der Waals surface area contributed by atoms with Crippen LogP contribution in [0.25, 0.3) is 0 Å². The van der Waals surface area contributed by atoms with Crippen LogP contribution in [-0.2, 0) is 28.7 Å². The van der Waals surface area contributed by atoms with Crippen molar-refractivity contribution in [3.05, 3.63) is 25.3 Å². The summed E-state index contributed by atoms with van der Waals surface area (Å²) in [6, 6.07) is -0.930. The largest absolute Gasteiger partial charge is 0.460 e. The van der Waals surface area contributed by atoms with E-state index in [1.807, 2.05) is 6.92 Å². The Morgan fingerprint density at radius 1 is 1.23 bits per heavy atom. The second kappa shape index (κ2) is 16.2. The first-order valence-corrected chi connectivity index (χ1v) is 16.7. The number of nitrogens with zero attached hydrogens (tertiary/aromatic N) is 2. The molecule has 3 saturated heterocycles. The number of nitrogens with one attached hydrogen (secondary N) is 1. The number of aliphatic hydroxyl groups excluding tert-OH is 1. The molecule has 0 radical (unpaired) electrons. The predicted octanol–water partition coefficient (Wildman–Crippen LogP) is 3.50. The van der Waals surface area contributed by atoms with Gasteiger partial charge in [0.1, 0.15) is 17.7 Å². The normalized spacial score (nSPS) is 28.7. The Bertz CT molecular complexity index is 1020. The molecule has 0 saturated carbocycles. The molecule has 3 aliphatic rings.